The zero-order valence-corrected chi connectivity index (χ0v) is 14.2. The second-order valence-corrected chi connectivity index (χ2v) is 6.19. The predicted molar refractivity (Wildman–Crippen MR) is 88.8 cm³/mol. The summed E-state index contributed by atoms with van der Waals surface area (Å²) in [6, 6.07) is 10.5. The lowest BCUT2D eigenvalue weighted by molar-refractivity contribution is -0.131. The molecule has 0 atom stereocenters. The number of esters is 1. The van der Waals surface area contributed by atoms with Gasteiger partial charge in [0, 0.05) is 25.2 Å². The van der Waals surface area contributed by atoms with Crippen LogP contribution in [-0.4, -0.2) is 42.5 Å². The van der Waals surface area contributed by atoms with E-state index < -0.39 is 5.97 Å². The SMILES string of the molecule is CN(C)C(=O)COC(=O)c1cccnc1Sc1ccccc1Cl. The van der Waals surface area contributed by atoms with Crippen LogP contribution in [0.5, 0.6) is 0 Å². The Morgan fingerprint density at radius 2 is 1.96 bits per heavy atom. The third kappa shape index (κ3) is 4.71. The summed E-state index contributed by atoms with van der Waals surface area (Å²) in [5, 5.41) is 1.05. The normalized spacial score (nSPS) is 10.2. The van der Waals surface area contributed by atoms with Crippen molar-refractivity contribution in [1.29, 1.82) is 0 Å². The van der Waals surface area contributed by atoms with Gasteiger partial charge >= 0.3 is 5.97 Å². The van der Waals surface area contributed by atoms with Crippen molar-refractivity contribution in [3.8, 4) is 0 Å². The van der Waals surface area contributed by atoms with Crippen LogP contribution >= 0.6 is 23.4 Å². The highest BCUT2D eigenvalue weighted by Gasteiger charge is 2.17. The van der Waals surface area contributed by atoms with Gasteiger partial charge in [-0.15, -0.1) is 0 Å². The summed E-state index contributed by atoms with van der Waals surface area (Å²) in [4.78, 5) is 30.0. The molecule has 0 radical (unpaired) electrons. The Balaban J connectivity index is 2.16. The molecule has 1 aromatic heterocycles. The van der Waals surface area contributed by atoms with Gasteiger partial charge in [-0.2, -0.15) is 0 Å². The second-order valence-electron chi connectivity index (χ2n) is 4.75. The fraction of sp³-hybridized carbons (Fsp3) is 0.188. The van der Waals surface area contributed by atoms with Crippen molar-refractivity contribution in [2.45, 2.75) is 9.92 Å². The lowest BCUT2D eigenvalue weighted by Gasteiger charge is -2.11. The van der Waals surface area contributed by atoms with Crippen molar-refractivity contribution in [2.24, 2.45) is 0 Å². The highest BCUT2D eigenvalue weighted by Crippen LogP contribution is 2.33. The van der Waals surface area contributed by atoms with E-state index in [2.05, 4.69) is 4.98 Å². The van der Waals surface area contributed by atoms with Crippen LogP contribution in [0, 0.1) is 0 Å². The zero-order chi connectivity index (χ0) is 16.8. The molecule has 0 saturated heterocycles. The molecule has 0 unspecified atom stereocenters. The highest BCUT2D eigenvalue weighted by atomic mass is 35.5. The van der Waals surface area contributed by atoms with E-state index >= 15 is 0 Å². The van der Waals surface area contributed by atoms with E-state index in [4.69, 9.17) is 16.3 Å². The number of ether oxygens (including phenoxy) is 1. The van der Waals surface area contributed by atoms with Gasteiger partial charge < -0.3 is 9.64 Å². The second kappa shape index (κ2) is 7.99. The average molecular weight is 351 g/mol. The van der Waals surface area contributed by atoms with Crippen molar-refractivity contribution in [3.63, 3.8) is 0 Å². The Morgan fingerprint density at radius 3 is 2.65 bits per heavy atom. The van der Waals surface area contributed by atoms with Gasteiger partial charge in [0.05, 0.1) is 10.6 Å². The summed E-state index contributed by atoms with van der Waals surface area (Å²) in [6.07, 6.45) is 1.58. The largest absolute Gasteiger partial charge is 0.452 e. The molecule has 120 valence electrons. The smallest absolute Gasteiger partial charge is 0.341 e. The van der Waals surface area contributed by atoms with Gasteiger partial charge in [0.25, 0.3) is 5.91 Å². The molecule has 0 spiro atoms. The minimum atomic E-state index is -0.595. The molecular formula is C16H15ClN2O3S. The monoisotopic (exact) mass is 350 g/mol. The van der Waals surface area contributed by atoms with E-state index in [9.17, 15) is 9.59 Å². The van der Waals surface area contributed by atoms with Gasteiger partial charge in [0.15, 0.2) is 6.61 Å². The number of benzene rings is 1. The Kier molecular flexibility index (Phi) is 6.01. The first kappa shape index (κ1) is 17.3. The first-order chi connectivity index (χ1) is 11.0. The van der Waals surface area contributed by atoms with E-state index in [1.165, 1.54) is 16.7 Å². The molecule has 0 N–H and O–H groups in total. The van der Waals surface area contributed by atoms with E-state index in [0.717, 1.165) is 4.90 Å². The van der Waals surface area contributed by atoms with Crippen LogP contribution in [0.2, 0.25) is 5.02 Å². The summed E-state index contributed by atoms with van der Waals surface area (Å²) in [6.45, 7) is -0.309. The minimum Gasteiger partial charge on any atom is -0.452 e. The molecular weight excluding hydrogens is 336 g/mol. The number of carbonyl (C=O) groups is 2. The summed E-state index contributed by atoms with van der Waals surface area (Å²) in [7, 11) is 3.19. The molecule has 0 aliphatic carbocycles. The maximum Gasteiger partial charge on any atom is 0.341 e. The first-order valence-corrected chi connectivity index (χ1v) is 7.93. The van der Waals surface area contributed by atoms with Gasteiger partial charge in [0.2, 0.25) is 0 Å². The molecule has 0 aliphatic heterocycles. The maximum atomic E-state index is 12.2. The van der Waals surface area contributed by atoms with Crippen LogP contribution in [-0.2, 0) is 9.53 Å². The fourth-order valence-electron chi connectivity index (χ4n) is 1.59. The molecule has 7 heteroatoms. The van der Waals surface area contributed by atoms with Crippen molar-refractivity contribution in [2.75, 3.05) is 20.7 Å². The molecule has 1 aromatic carbocycles. The van der Waals surface area contributed by atoms with Crippen LogP contribution in [0.25, 0.3) is 0 Å². The Labute approximate surface area is 143 Å². The number of carbonyl (C=O) groups excluding carboxylic acids is 2. The molecule has 0 saturated carbocycles. The van der Waals surface area contributed by atoms with E-state index in [1.807, 2.05) is 18.2 Å². The Hall–Kier alpha value is -2.05. The van der Waals surface area contributed by atoms with Gasteiger partial charge in [-0.25, -0.2) is 9.78 Å². The number of amides is 1. The lowest BCUT2D eigenvalue weighted by Crippen LogP contribution is -2.27. The van der Waals surface area contributed by atoms with Gasteiger partial charge in [-0.3, -0.25) is 4.79 Å². The summed E-state index contributed by atoms with van der Waals surface area (Å²) < 4.78 is 5.04. The molecule has 0 aliphatic rings. The Morgan fingerprint density at radius 1 is 1.22 bits per heavy atom. The molecule has 0 fully saturated rings. The van der Waals surface area contributed by atoms with E-state index in [-0.39, 0.29) is 12.5 Å². The molecule has 1 amide bonds. The lowest BCUT2D eigenvalue weighted by atomic mass is 10.3. The number of halogens is 1. The summed E-state index contributed by atoms with van der Waals surface area (Å²) in [5.74, 6) is -0.884. The molecule has 2 rings (SSSR count). The molecule has 0 bridgehead atoms. The zero-order valence-electron chi connectivity index (χ0n) is 12.7. The summed E-state index contributed by atoms with van der Waals surface area (Å²) in [5.41, 5.74) is 0.295. The third-order valence-electron chi connectivity index (χ3n) is 2.86. The number of nitrogens with zero attached hydrogens (tertiary/aromatic N) is 2. The average Bonchev–Trinajstić information content (AvgIpc) is 2.54. The standard InChI is InChI=1S/C16H15ClN2O3S/c1-19(2)14(20)10-22-16(21)11-6-5-9-18-15(11)23-13-8-4-3-7-12(13)17/h3-9H,10H2,1-2H3. The number of likely N-dealkylation sites (N-methyl/N-ethyl adjacent to an activating group) is 1. The third-order valence-corrected chi connectivity index (χ3v) is 4.40. The molecule has 23 heavy (non-hydrogen) atoms. The maximum absolute atomic E-state index is 12.2. The predicted octanol–water partition coefficient (Wildman–Crippen LogP) is 3.13. The van der Waals surface area contributed by atoms with Crippen LogP contribution in [0.15, 0.2) is 52.5 Å². The molecule has 1 heterocycles. The number of hydrogen-bond acceptors (Lipinski definition) is 5. The van der Waals surface area contributed by atoms with Crippen LogP contribution < -0.4 is 0 Å². The Bertz CT molecular complexity index is 722. The van der Waals surface area contributed by atoms with Gasteiger partial charge in [-0.05, 0) is 24.3 Å². The first-order valence-electron chi connectivity index (χ1n) is 6.73. The highest BCUT2D eigenvalue weighted by molar-refractivity contribution is 7.99. The quantitative estimate of drug-likeness (QED) is 0.775. The van der Waals surface area contributed by atoms with Crippen molar-refractivity contribution in [3.05, 3.63) is 53.2 Å². The fourth-order valence-corrected chi connectivity index (χ4v) is 2.74. The van der Waals surface area contributed by atoms with Gasteiger partial charge in [-0.1, -0.05) is 35.5 Å². The number of hydrogen-bond donors (Lipinski definition) is 0. The number of pyridine rings is 1. The van der Waals surface area contributed by atoms with E-state index in [1.54, 1.807) is 38.5 Å². The molecule has 2 aromatic rings. The van der Waals surface area contributed by atoms with Crippen molar-refractivity contribution >= 4 is 35.2 Å². The van der Waals surface area contributed by atoms with E-state index in [0.29, 0.717) is 15.6 Å². The number of rotatable bonds is 5. The van der Waals surface area contributed by atoms with Crippen LogP contribution in [0.3, 0.4) is 0 Å². The number of aromatic nitrogens is 1. The van der Waals surface area contributed by atoms with Crippen LogP contribution in [0.4, 0.5) is 0 Å². The van der Waals surface area contributed by atoms with Crippen LogP contribution in [0.1, 0.15) is 10.4 Å². The topological polar surface area (TPSA) is 59.5 Å². The van der Waals surface area contributed by atoms with Crippen molar-refractivity contribution in [1.82, 2.24) is 9.88 Å². The van der Waals surface area contributed by atoms with Crippen molar-refractivity contribution < 1.29 is 14.3 Å². The molecule has 5 nitrogen and oxygen atoms in total. The van der Waals surface area contributed by atoms with Gasteiger partial charge in [0.1, 0.15) is 5.03 Å². The summed E-state index contributed by atoms with van der Waals surface area (Å²) >= 11 is 7.40. The minimum absolute atomic E-state index is 0.289.